The second kappa shape index (κ2) is 10.2. The summed E-state index contributed by atoms with van der Waals surface area (Å²) >= 11 is 0. The molecule has 0 aliphatic heterocycles. The molecule has 9 aromatic rings. The van der Waals surface area contributed by atoms with Gasteiger partial charge in [-0.05, 0) is 52.9 Å². The van der Waals surface area contributed by atoms with Crippen molar-refractivity contribution in [2.45, 2.75) is 0 Å². The van der Waals surface area contributed by atoms with Gasteiger partial charge < -0.3 is 4.40 Å². The number of pyridine rings is 3. The molecule has 45 heavy (non-hydrogen) atoms. The number of hydrogen-bond acceptors (Lipinski definition) is 3. The Hall–Kier alpha value is -6.13. The highest BCUT2D eigenvalue weighted by atomic mass is 15.0. The molecule has 210 valence electrons. The molecule has 0 spiro atoms. The zero-order valence-electron chi connectivity index (χ0n) is 24.3. The number of imidazole rings is 1. The fourth-order valence-electron chi connectivity index (χ4n) is 6.37. The van der Waals surface area contributed by atoms with Gasteiger partial charge in [-0.1, -0.05) is 109 Å². The van der Waals surface area contributed by atoms with E-state index in [1.807, 2.05) is 24.3 Å². The maximum atomic E-state index is 5.24. The lowest BCUT2D eigenvalue weighted by Gasteiger charge is -2.14. The van der Waals surface area contributed by atoms with E-state index in [0.717, 1.165) is 77.7 Å². The predicted molar refractivity (Wildman–Crippen MR) is 185 cm³/mol. The van der Waals surface area contributed by atoms with E-state index in [0.29, 0.717) is 0 Å². The van der Waals surface area contributed by atoms with Gasteiger partial charge in [0, 0.05) is 45.2 Å². The van der Waals surface area contributed by atoms with Crippen LogP contribution in [0.3, 0.4) is 0 Å². The highest BCUT2D eigenvalue weighted by Crippen LogP contribution is 2.38. The van der Waals surface area contributed by atoms with Gasteiger partial charge in [0.1, 0.15) is 5.65 Å². The molecule has 9 rings (SSSR count). The number of para-hydroxylation sites is 1. The van der Waals surface area contributed by atoms with E-state index in [2.05, 4.69) is 138 Å². The van der Waals surface area contributed by atoms with Crippen LogP contribution < -0.4 is 0 Å². The monoisotopic (exact) mass is 574 g/mol. The first kappa shape index (κ1) is 25.4. The largest absolute Gasteiger partial charge is 0.306 e. The Labute approximate surface area is 259 Å². The summed E-state index contributed by atoms with van der Waals surface area (Å²) in [6.45, 7) is 0. The quantitative estimate of drug-likeness (QED) is 0.196. The number of fused-ring (bicyclic) bond motifs is 6. The van der Waals surface area contributed by atoms with Gasteiger partial charge in [-0.3, -0.25) is 0 Å². The van der Waals surface area contributed by atoms with Crippen molar-refractivity contribution in [3.8, 4) is 44.9 Å². The summed E-state index contributed by atoms with van der Waals surface area (Å²) in [5.74, 6) is 0. The van der Waals surface area contributed by atoms with Gasteiger partial charge in [-0.25, -0.2) is 15.0 Å². The molecule has 0 atom stereocenters. The van der Waals surface area contributed by atoms with Crippen LogP contribution in [0.5, 0.6) is 0 Å². The second-order valence-electron chi connectivity index (χ2n) is 11.3. The minimum atomic E-state index is 0.928. The van der Waals surface area contributed by atoms with Gasteiger partial charge in [0.25, 0.3) is 0 Å². The van der Waals surface area contributed by atoms with E-state index < -0.39 is 0 Å². The lowest BCUT2D eigenvalue weighted by Crippen LogP contribution is -1.93. The molecule has 0 amide bonds. The standard InChI is InChI=1S/C41H26N4/c1-3-9-28(10-4-1)35-22-21-34-37(42-35)23-20-33-32-13-7-8-14-36(32)44-41(40(33)34)30-17-15-27(16-18-30)31-19-24-39-43-38(26-45(39)25-31)29-11-5-2-6-12-29/h1-26H. The Morgan fingerprint density at radius 3 is 1.80 bits per heavy atom. The highest BCUT2D eigenvalue weighted by Gasteiger charge is 2.15. The lowest BCUT2D eigenvalue weighted by molar-refractivity contribution is 1.19. The van der Waals surface area contributed by atoms with Gasteiger partial charge in [-0.15, -0.1) is 0 Å². The maximum absolute atomic E-state index is 5.24. The fraction of sp³-hybridized carbons (Fsp3) is 0. The topological polar surface area (TPSA) is 43.1 Å². The van der Waals surface area contributed by atoms with E-state index in [1.54, 1.807) is 0 Å². The smallest absolute Gasteiger partial charge is 0.137 e. The summed E-state index contributed by atoms with van der Waals surface area (Å²) in [4.78, 5) is 15.1. The average Bonchev–Trinajstić information content (AvgIpc) is 3.55. The van der Waals surface area contributed by atoms with Gasteiger partial charge in [0.2, 0.25) is 0 Å². The van der Waals surface area contributed by atoms with Crippen LogP contribution >= 0.6 is 0 Å². The molecule has 0 unspecified atom stereocenters. The van der Waals surface area contributed by atoms with E-state index in [9.17, 15) is 0 Å². The molecule has 0 bridgehead atoms. The third-order valence-electron chi connectivity index (χ3n) is 8.62. The molecule has 5 aromatic carbocycles. The summed E-state index contributed by atoms with van der Waals surface area (Å²) in [6, 6.07) is 50.6. The molecule has 0 saturated carbocycles. The minimum absolute atomic E-state index is 0.928. The number of hydrogen-bond donors (Lipinski definition) is 0. The molecule has 4 nitrogen and oxygen atoms in total. The first-order valence-corrected chi connectivity index (χ1v) is 15.1. The van der Waals surface area contributed by atoms with Crippen LogP contribution in [-0.4, -0.2) is 19.4 Å². The molecule has 0 fully saturated rings. The van der Waals surface area contributed by atoms with Crippen molar-refractivity contribution in [2.24, 2.45) is 0 Å². The van der Waals surface area contributed by atoms with E-state index in [1.165, 1.54) is 5.39 Å². The van der Waals surface area contributed by atoms with Crippen molar-refractivity contribution in [1.82, 2.24) is 19.4 Å². The Balaban J connectivity index is 1.17. The van der Waals surface area contributed by atoms with Crippen LogP contribution in [0.1, 0.15) is 0 Å². The van der Waals surface area contributed by atoms with Crippen molar-refractivity contribution in [1.29, 1.82) is 0 Å². The zero-order valence-corrected chi connectivity index (χ0v) is 24.3. The van der Waals surface area contributed by atoms with Crippen LogP contribution in [0, 0.1) is 0 Å². The van der Waals surface area contributed by atoms with Gasteiger partial charge in [-0.2, -0.15) is 0 Å². The number of nitrogens with zero attached hydrogens (tertiary/aromatic N) is 4. The molecule has 4 aromatic heterocycles. The fourth-order valence-corrected chi connectivity index (χ4v) is 6.37. The summed E-state index contributed by atoms with van der Waals surface area (Å²) in [5, 5.41) is 4.55. The Morgan fingerprint density at radius 2 is 1.00 bits per heavy atom. The molecular formula is C41H26N4. The Kier molecular flexibility index (Phi) is 5.78. The van der Waals surface area contributed by atoms with Gasteiger partial charge >= 0.3 is 0 Å². The van der Waals surface area contributed by atoms with E-state index in [4.69, 9.17) is 15.0 Å². The van der Waals surface area contributed by atoms with Gasteiger partial charge in [0.05, 0.1) is 28.1 Å². The van der Waals surface area contributed by atoms with Crippen molar-refractivity contribution in [3.63, 3.8) is 0 Å². The molecule has 0 N–H and O–H groups in total. The summed E-state index contributed by atoms with van der Waals surface area (Å²) in [7, 11) is 0. The second-order valence-corrected chi connectivity index (χ2v) is 11.3. The minimum Gasteiger partial charge on any atom is -0.306 e. The van der Waals surface area contributed by atoms with Crippen LogP contribution in [0.2, 0.25) is 0 Å². The zero-order chi connectivity index (χ0) is 29.7. The maximum Gasteiger partial charge on any atom is 0.137 e. The third-order valence-corrected chi connectivity index (χ3v) is 8.62. The third kappa shape index (κ3) is 4.35. The van der Waals surface area contributed by atoms with E-state index in [-0.39, 0.29) is 0 Å². The Morgan fingerprint density at radius 1 is 0.356 bits per heavy atom. The van der Waals surface area contributed by atoms with Crippen molar-refractivity contribution < 1.29 is 0 Å². The molecule has 4 heterocycles. The van der Waals surface area contributed by atoms with Crippen LogP contribution in [0.15, 0.2) is 158 Å². The molecule has 4 heteroatoms. The van der Waals surface area contributed by atoms with Crippen LogP contribution in [0.4, 0.5) is 0 Å². The molecule has 0 saturated heterocycles. The first-order valence-electron chi connectivity index (χ1n) is 15.1. The van der Waals surface area contributed by atoms with Crippen LogP contribution in [-0.2, 0) is 0 Å². The molecule has 0 aliphatic carbocycles. The van der Waals surface area contributed by atoms with Crippen molar-refractivity contribution in [2.75, 3.05) is 0 Å². The predicted octanol–water partition coefficient (Wildman–Crippen LogP) is 10.3. The molecular weight excluding hydrogens is 548 g/mol. The SMILES string of the molecule is c1ccc(-c2ccc3c(ccc4c5ccccc5nc(-c5ccc(-c6ccc7nc(-c8ccccc8)cn7c6)cc5)c34)n2)cc1. The summed E-state index contributed by atoms with van der Waals surface area (Å²) < 4.78 is 2.10. The van der Waals surface area contributed by atoms with Crippen molar-refractivity contribution >= 4 is 38.2 Å². The number of rotatable bonds is 4. The summed E-state index contributed by atoms with van der Waals surface area (Å²) in [5.41, 5.74) is 11.3. The average molecular weight is 575 g/mol. The highest BCUT2D eigenvalue weighted by molar-refractivity contribution is 6.20. The number of aromatic nitrogens is 4. The van der Waals surface area contributed by atoms with Gasteiger partial charge in [0.15, 0.2) is 0 Å². The van der Waals surface area contributed by atoms with Crippen molar-refractivity contribution in [3.05, 3.63) is 158 Å². The van der Waals surface area contributed by atoms with E-state index >= 15 is 0 Å². The molecule has 0 radical (unpaired) electrons. The lowest BCUT2D eigenvalue weighted by atomic mass is 9.95. The first-order chi connectivity index (χ1) is 22.3. The normalized spacial score (nSPS) is 11.6. The summed E-state index contributed by atoms with van der Waals surface area (Å²) in [6.07, 6.45) is 4.24. The molecule has 0 aliphatic rings. The Bertz CT molecular complexity index is 2520. The van der Waals surface area contributed by atoms with Crippen LogP contribution in [0.25, 0.3) is 83.1 Å². The number of benzene rings is 5.